The highest BCUT2D eigenvalue weighted by atomic mass is 35.5. The van der Waals surface area contributed by atoms with Crippen molar-refractivity contribution in [3.63, 3.8) is 0 Å². The van der Waals surface area contributed by atoms with E-state index in [0.29, 0.717) is 5.02 Å². The van der Waals surface area contributed by atoms with Crippen molar-refractivity contribution in [1.29, 1.82) is 0 Å². The lowest BCUT2D eigenvalue weighted by molar-refractivity contribution is -0.143. The molecule has 2 atom stereocenters. The Balaban J connectivity index is 2.07. The average Bonchev–Trinajstić information content (AvgIpc) is 3.18. The lowest BCUT2D eigenvalue weighted by Gasteiger charge is -2.15. The van der Waals surface area contributed by atoms with Crippen LogP contribution in [0.25, 0.3) is 28.6 Å². The molecule has 0 aliphatic heterocycles. The van der Waals surface area contributed by atoms with Gasteiger partial charge in [-0.3, -0.25) is 4.79 Å². The van der Waals surface area contributed by atoms with Crippen LogP contribution in [0.3, 0.4) is 0 Å². The number of methoxy groups -OCH3 is 1. The summed E-state index contributed by atoms with van der Waals surface area (Å²) in [5.74, 6) is -0.736. The fourth-order valence-corrected chi connectivity index (χ4v) is 4.02. The van der Waals surface area contributed by atoms with Gasteiger partial charge in [-0.25, -0.2) is 4.39 Å². The first-order valence-corrected chi connectivity index (χ1v) is 11.5. The summed E-state index contributed by atoms with van der Waals surface area (Å²) in [6.07, 6.45) is 1.09. The summed E-state index contributed by atoms with van der Waals surface area (Å²) in [6.45, 7) is 4.12. The zero-order valence-electron chi connectivity index (χ0n) is 19.4. The van der Waals surface area contributed by atoms with Crippen molar-refractivity contribution in [3.8, 4) is 22.4 Å². The molecule has 3 aromatic rings. The van der Waals surface area contributed by atoms with Crippen molar-refractivity contribution < 1.29 is 24.1 Å². The minimum Gasteiger partial charge on any atom is -0.469 e. The van der Waals surface area contributed by atoms with Gasteiger partial charge in [0.15, 0.2) is 0 Å². The van der Waals surface area contributed by atoms with Gasteiger partial charge in [0.2, 0.25) is 0 Å². The first-order valence-electron chi connectivity index (χ1n) is 11.1. The number of hydrogen-bond donors (Lipinski definition) is 2. The number of hydrogen-bond acceptors (Lipinski definition) is 4. The van der Waals surface area contributed by atoms with Gasteiger partial charge in [0.05, 0.1) is 31.4 Å². The Morgan fingerprint density at radius 2 is 1.82 bits per heavy atom. The molecule has 2 aromatic carbocycles. The normalized spacial score (nSPS) is 13.4. The van der Waals surface area contributed by atoms with Crippen LogP contribution in [-0.4, -0.2) is 40.1 Å². The summed E-state index contributed by atoms with van der Waals surface area (Å²) in [5, 5.41) is 21.1. The molecule has 2 N–H and O–H groups in total. The maximum absolute atomic E-state index is 13.7. The molecule has 0 spiro atoms. The molecule has 0 bridgehead atoms. The van der Waals surface area contributed by atoms with E-state index in [-0.39, 0.29) is 24.6 Å². The van der Waals surface area contributed by atoms with Gasteiger partial charge < -0.3 is 19.5 Å². The fraction of sp³-hybridized carbons (Fsp3) is 0.296. The van der Waals surface area contributed by atoms with E-state index < -0.39 is 18.2 Å². The smallest absolute Gasteiger partial charge is 0.308 e. The third-order valence-electron chi connectivity index (χ3n) is 5.51. The molecule has 3 rings (SSSR count). The van der Waals surface area contributed by atoms with Crippen LogP contribution in [0.2, 0.25) is 5.02 Å². The molecule has 180 valence electrons. The third-order valence-corrected chi connectivity index (χ3v) is 5.75. The van der Waals surface area contributed by atoms with Gasteiger partial charge in [0.25, 0.3) is 0 Å². The Morgan fingerprint density at radius 1 is 1.12 bits per heavy atom. The Morgan fingerprint density at radius 3 is 2.44 bits per heavy atom. The van der Waals surface area contributed by atoms with Gasteiger partial charge in [-0.15, -0.1) is 0 Å². The van der Waals surface area contributed by atoms with Crippen LogP contribution in [0.15, 0.2) is 60.7 Å². The molecule has 0 fully saturated rings. The number of carbonyl (C=O) groups excluding carboxylic acids is 1. The van der Waals surface area contributed by atoms with Gasteiger partial charge >= 0.3 is 5.97 Å². The van der Waals surface area contributed by atoms with E-state index in [9.17, 15) is 19.4 Å². The Hall–Kier alpha value is -2.93. The van der Waals surface area contributed by atoms with Gasteiger partial charge in [0.1, 0.15) is 5.82 Å². The molecule has 1 aromatic heterocycles. The van der Waals surface area contributed by atoms with Crippen LogP contribution < -0.4 is 0 Å². The number of aliphatic hydroxyl groups excluding tert-OH is 2. The van der Waals surface area contributed by atoms with Crippen molar-refractivity contribution in [2.45, 2.75) is 44.8 Å². The molecule has 2 unspecified atom stereocenters. The monoisotopic (exact) mass is 485 g/mol. The van der Waals surface area contributed by atoms with E-state index in [0.717, 1.165) is 28.1 Å². The average molecular weight is 486 g/mol. The summed E-state index contributed by atoms with van der Waals surface area (Å²) in [4.78, 5) is 11.4. The van der Waals surface area contributed by atoms with Crippen molar-refractivity contribution in [1.82, 2.24) is 4.57 Å². The quantitative estimate of drug-likeness (QED) is 0.371. The van der Waals surface area contributed by atoms with E-state index >= 15 is 0 Å². The second-order valence-electron chi connectivity index (χ2n) is 8.45. The number of halogens is 2. The number of ether oxygens (including phenoxy) is 1. The lowest BCUT2D eigenvalue weighted by atomic mass is 10.0. The summed E-state index contributed by atoms with van der Waals surface area (Å²) in [5.41, 5.74) is 4.43. The molecule has 7 heteroatoms. The molecule has 0 amide bonds. The zero-order chi connectivity index (χ0) is 24.8. The molecule has 0 aliphatic rings. The van der Waals surface area contributed by atoms with Gasteiger partial charge in [-0.1, -0.05) is 37.6 Å². The molecule has 0 radical (unpaired) electrons. The molecular formula is C27H29ClFNO4. The largest absolute Gasteiger partial charge is 0.469 e. The van der Waals surface area contributed by atoms with Crippen molar-refractivity contribution in [3.05, 3.63) is 77.2 Å². The third kappa shape index (κ3) is 6.35. The number of esters is 1. The number of carbonyl (C=O) groups is 1. The van der Waals surface area contributed by atoms with E-state index in [1.807, 2.05) is 22.8 Å². The highest BCUT2D eigenvalue weighted by Crippen LogP contribution is 2.38. The maximum atomic E-state index is 13.7. The van der Waals surface area contributed by atoms with Crippen molar-refractivity contribution in [2.24, 2.45) is 0 Å². The summed E-state index contributed by atoms with van der Waals surface area (Å²) in [7, 11) is 1.25. The number of rotatable bonds is 9. The van der Waals surface area contributed by atoms with E-state index in [2.05, 4.69) is 24.7 Å². The van der Waals surface area contributed by atoms with Crippen LogP contribution in [-0.2, 0) is 9.53 Å². The summed E-state index contributed by atoms with van der Waals surface area (Å²) in [6, 6.07) is 15.8. The highest BCUT2D eigenvalue weighted by molar-refractivity contribution is 6.30. The SMILES string of the molecule is COC(=O)CC(O)CC(O)/C=C/n1c(C(C)C)cc(-c2cccc(Cl)c2)c1-c1ccc(F)cc1. The van der Waals surface area contributed by atoms with Gasteiger partial charge in [0, 0.05) is 28.9 Å². The van der Waals surface area contributed by atoms with E-state index in [4.69, 9.17) is 11.6 Å². The van der Waals surface area contributed by atoms with Crippen LogP contribution in [0.5, 0.6) is 0 Å². The van der Waals surface area contributed by atoms with Gasteiger partial charge in [-0.05, 0) is 65.6 Å². The maximum Gasteiger partial charge on any atom is 0.308 e. The Labute approximate surface area is 204 Å². The number of benzene rings is 2. The van der Waals surface area contributed by atoms with E-state index in [1.165, 1.54) is 19.2 Å². The van der Waals surface area contributed by atoms with Crippen LogP contribution >= 0.6 is 11.6 Å². The first-order chi connectivity index (χ1) is 16.2. The molecule has 1 heterocycles. The highest BCUT2D eigenvalue weighted by Gasteiger charge is 2.20. The Bertz CT molecular complexity index is 1150. The van der Waals surface area contributed by atoms with Crippen molar-refractivity contribution >= 4 is 23.8 Å². The molecule has 5 nitrogen and oxygen atoms in total. The summed E-state index contributed by atoms with van der Waals surface area (Å²) < 4.78 is 20.2. The predicted octanol–water partition coefficient (Wildman–Crippen LogP) is 5.88. The standard InChI is InChI=1S/C27H29ClFNO4/c1-17(2)25-16-24(19-5-4-6-20(28)13-19)27(18-7-9-21(29)10-8-18)30(25)12-11-22(31)14-23(32)15-26(33)34-3/h4-13,16-17,22-23,31-32H,14-15H2,1-3H3/b12-11+. The van der Waals surface area contributed by atoms with Crippen molar-refractivity contribution in [2.75, 3.05) is 7.11 Å². The van der Waals surface area contributed by atoms with Crippen LogP contribution in [0, 0.1) is 5.82 Å². The molecule has 0 saturated heterocycles. The molecule has 34 heavy (non-hydrogen) atoms. The molecular weight excluding hydrogens is 457 g/mol. The summed E-state index contributed by atoms with van der Waals surface area (Å²) >= 11 is 6.26. The zero-order valence-corrected chi connectivity index (χ0v) is 20.2. The molecule has 0 aliphatic carbocycles. The van der Waals surface area contributed by atoms with Gasteiger partial charge in [-0.2, -0.15) is 0 Å². The second kappa shape index (κ2) is 11.5. The minimum absolute atomic E-state index is 0.0170. The first kappa shape index (κ1) is 25.7. The predicted molar refractivity (Wildman–Crippen MR) is 133 cm³/mol. The topological polar surface area (TPSA) is 71.7 Å². The fourth-order valence-electron chi connectivity index (χ4n) is 3.83. The minimum atomic E-state index is -1.03. The Kier molecular flexibility index (Phi) is 8.67. The van der Waals surface area contributed by atoms with Crippen LogP contribution in [0.4, 0.5) is 4.39 Å². The van der Waals surface area contributed by atoms with E-state index in [1.54, 1.807) is 30.5 Å². The molecule has 0 saturated carbocycles. The number of aromatic nitrogens is 1. The number of aliphatic hydroxyl groups is 2. The number of nitrogens with zero attached hydrogens (tertiary/aromatic N) is 1. The lowest BCUT2D eigenvalue weighted by Crippen LogP contribution is -2.20. The second-order valence-corrected chi connectivity index (χ2v) is 8.89. The van der Waals surface area contributed by atoms with Crippen LogP contribution in [0.1, 0.15) is 38.3 Å².